The van der Waals surface area contributed by atoms with Crippen molar-refractivity contribution in [3.8, 4) is 0 Å². The number of aromatic amines is 1. The number of halogens is 2. The first-order valence-corrected chi connectivity index (χ1v) is 4.44. The molecule has 0 aliphatic heterocycles. The van der Waals surface area contributed by atoms with Crippen molar-refractivity contribution in [1.82, 2.24) is 4.98 Å². The normalized spacial score (nSPS) is 10.8. The van der Waals surface area contributed by atoms with Gasteiger partial charge in [0.05, 0.1) is 10.7 Å². The molecule has 0 unspecified atom stereocenters. The van der Waals surface area contributed by atoms with Crippen molar-refractivity contribution in [2.45, 2.75) is 6.92 Å². The lowest BCUT2D eigenvalue weighted by atomic mass is 10.1. The Morgan fingerprint density at radius 2 is 2.21 bits per heavy atom. The number of benzene rings is 1. The van der Waals surface area contributed by atoms with Crippen molar-refractivity contribution in [2.24, 2.45) is 0 Å². The minimum atomic E-state index is -0.488. The summed E-state index contributed by atoms with van der Waals surface area (Å²) in [6.45, 7) is 1.79. The average molecular weight is 212 g/mol. The van der Waals surface area contributed by atoms with Gasteiger partial charge in [-0.2, -0.15) is 0 Å². The number of rotatable bonds is 1. The lowest BCUT2D eigenvalue weighted by Gasteiger charge is -1.94. The fraction of sp³-hybridized carbons (Fsp3) is 0.100. The first-order chi connectivity index (χ1) is 6.63. The summed E-state index contributed by atoms with van der Waals surface area (Å²) in [5.41, 5.74) is 1.84. The number of fused-ring (bicyclic) bond motifs is 1. The topological polar surface area (TPSA) is 32.9 Å². The number of hydrogen-bond donors (Lipinski definition) is 1. The van der Waals surface area contributed by atoms with Crippen LogP contribution >= 0.6 is 11.6 Å². The fourth-order valence-electron chi connectivity index (χ4n) is 1.46. The van der Waals surface area contributed by atoms with Gasteiger partial charge in [0, 0.05) is 10.9 Å². The van der Waals surface area contributed by atoms with Crippen molar-refractivity contribution in [3.63, 3.8) is 0 Å². The van der Waals surface area contributed by atoms with Gasteiger partial charge in [-0.3, -0.25) is 4.79 Å². The molecule has 0 bridgehead atoms. The van der Waals surface area contributed by atoms with Crippen molar-refractivity contribution in [1.29, 1.82) is 0 Å². The van der Waals surface area contributed by atoms with Crippen molar-refractivity contribution in [3.05, 3.63) is 34.2 Å². The molecule has 0 atom stereocenters. The fourth-order valence-corrected chi connectivity index (χ4v) is 1.63. The molecule has 0 saturated heterocycles. The summed E-state index contributed by atoms with van der Waals surface area (Å²) >= 11 is 5.63. The molecule has 4 heteroatoms. The van der Waals surface area contributed by atoms with Gasteiger partial charge < -0.3 is 4.98 Å². The summed E-state index contributed by atoms with van der Waals surface area (Å²) in [6.07, 6.45) is 0.709. The van der Waals surface area contributed by atoms with Crippen LogP contribution in [0.15, 0.2) is 12.1 Å². The average Bonchev–Trinajstić information content (AvgIpc) is 2.45. The Hall–Kier alpha value is -1.35. The second-order valence-corrected chi connectivity index (χ2v) is 3.50. The van der Waals surface area contributed by atoms with E-state index in [2.05, 4.69) is 4.98 Å². The molecule has 72 valence electrons. The molecule has 0 saturated carbocycles. The Balaban J connectivity index is 2.86. The molecule has 0 aliphatic carbocycles. The standard InChI is InChI=1S/C10H7ClFNO/c1-5-6-2-7(11)8(12)3-9(6)13-10(5)4-14/h2-4,13H,1H3. The highest BCUT2D eigenvalue weighted by molar-refractivity contribution is 6.31. The molecule has 14 heavy (non-hydrogen) atoms. The van der Waals surface area contributed by atoms with Crippen LogP contribution in [0.1, 0.15) is 16.1 Å². The number of nitrogens with one attached hydrogen (secondary N) is 1. The van der Waals surface area contributed by atoms with Crippen LogP contribution in [0.2, 0.25) is 5.02 Å². The Bertz CT molecular complexity index is 518. The minimum Gasteiger partial charge on any atom is -0.352 e. The minimum absolute atomic E-state index is 0.0667. The lowest BCUT2D eigenvalue weighted by Crippen LogP contribution is -1.80. The number of carbonyl (C=O) groups excluding carboxylic acids is 1. The van der Waals surface area contributed by atoms with Gasteiger partial charge in [-0.1, -0.05) is 11.6 Å². The van der Waals surface area contributed by atoms with Crippen LogP contribution in [0.25, 0.3) is 10.9 Å². The van der Waals surface area contributed by atoms with E-state index in [9.17, 15) is 9.18 Å². The zero-order chi connectivity index (χ0) is 10.3. The zero-order valence-electron chi connectivity index (χ0n) is 7.40. The quantitative estimate of drug-likeness (QED) is 0.723. The molecule has 1 aromatic heterocycles. The van der Waals surface area contributed by atoms with Gasteiger partial charge in [0.1, 0.15) is 5.82 Å². The predicted octanol–water partition coefficient (Wildman–Crippen LogP) is 3.08. The van der Waals surface area contributed by atoms with Gasteiger partial charge in [-0.05, 0) is 24.6 Å². The monoisotopic (exact) mass is 211 g/mol. The van der Waals surface area contributed by atoms with Crippen molar-refractivity contribution in [2.75, 3.05) is 0 Å². The summed E-state index contributed by atoms with van der Waals surface area (Å²) in [7, 11) is 0. The van der Waals surface area contributed by atoms with Gasteiger partial charge in [0.2, 0.25) is 0 Å². The van der Waals surface area contributed by atoms with Crippen molar-refractivity contribution >= 4 is 28.8 Å². The largest absolute Gasteiger partial charge is 0.352 e. The maximum absolute atomic E-state index is 13.1. The Morgan fingerprint density at radius 1 is 1.50 bits per heavy atom. The maximum Gasteiger partial charge on any atom is 0.166 e. The number of aromatic nitrogens is 1. The predicted molar refractivity (Wildman–Crippen MR) is 53.4 cm³/mol. The Morgan fingerprint density at radius 3 is 2.86 bits per heavy atom. The van der Waals surface area contributed by atoms with Gasteiger partial charge >= 0.3 is 0 Å². The van der Waals surface area contributed by atoms with Crippen LogP contribution in [0, 0.1) is 12.7 Å². The molecular weight excluding hydrogens is 205 g/mol. The van der Waals surface area contributed by atoms with Crippen LogP contribution in [0.4, 0.5) is 4.39 Å². The van der Waals surface area contributed by atoms with Crippen LogP contribution < -0.4 is 0 Å². The smallest absolute Gasteiger partial charge is 0.166 e. The summed E-state index contributed by atoms with van der Waals surface area (Å²) in [4.78, 5) is 13.4. The van der Waals surface area contributed by atoms with E-state index < -0.39 is 5.82 Å². The second-order valence-electron chi connectivity index (χ2n) is 3.09. The SMILES string of the molecule is Cc1c(C=O)[nH]c2cc(F)c(Cl)cc12. The number of H-pyrrole nitrogens is 1. The summed E-state index contributed by atoms with van der Waals surface area (Å²) in [5, 5.41) is 0.843. The number of aryl methyl sites for hydroxylation is 1. The molecule has 0 fully saturated rings. The molecule has 2 rings (SSSR count). The van der Waals surface area contributed by atoms with Crippen LogP contribution in [0.5, 0.6) is 0 Å². The molecule has 1 heterocycles. The molecule has 2 aromatic rings. The van der Waals surface area contributed by atoms with E-state index in [-0.39, 0.29) is 5.02 Å². The maximum atomic E-state index is 13.1. The highest BCUT2D eigenvalue weighted by Crippen LogP contribution is 2.26. The Labute approximate surface area is 84.7 Å². The number of aldehydes is 1. The van der Waals surface area contributed by atoms with E-state index in [1.54, 1.807) is 6.92 Å². The number of carbonyl (C=O) groups is 1. The van der Waals surface area contributed by atoms with E-state index in [1.807, 2.05) is 0 Å². The first-order valence-electron chi connectivity index (χ1n) is 4.06. The molecular formula is C10H7ClFNO. The van der Waals surface area contributed by atoms with Gasteiger partial charge in [-0.15, -0.1) is 0 Å². The van der Waals surface area contributed by atoms with Gasteiger partial charge in [-0.25, -0.2) is 4.39 Å². The van der Waals surface area contributed by atoms with Gasteiger partial charge in [0.25, 0.3) is 0 Å². The first kappa shape index (κ1) is 9.21. The van der Waals surface area contributed by atoms with Crippen molar-refractivity contribution < 1.29 is 9.18 Å². The Kier molecular flexibility index (Phi) is 2.04. The van der Waals surface area contributed by atoms with E-state index in [0.717, 1.165) is 10.9 Å². The highest BCUT2D eigenvalue weighted by atomic mass is 35.5. The van der Waals surface area contributed by atoms with E-state index >= 15 is 0 Å². The summed E-state index contributed by atoms with van der Waals surface area (Å²) in [6, 6.07) is 2.81. The molecule has 2 nitrogen and oxygen atoms in total. The molecule has 1 aromatic carbocycles. The zero-order valence-corrected chi connectivity index (χ0v) is 8.15. The molecule has 0 spiro atoms. The third kappa shape index (κ3) is 1.21. The molecule has 0 amide bonds. The molecule has 1 N–H and O–H groups in total. The van der Waals surface area contributed by atoms with Crippen LogP contribution in [-0.4, -0.2) is 11.3 Å². The summed E-state index contributed by atoms with van der Waals surface area (Å²) in [5.74, 6) is -0.488. The highest BCUT2D eigenvalue weighted by Gasteiger charge is 2.09. The van der Waals surface area contributed by atoms with E-state index in [4.69, 9.17) is 11.6 Å². The lowest BCUT2D eigenvalue weighted by molar-refractivity contribution is 0.111. The van der Waals surface area contributed by atoms with Crippen LogP contribution in [0.3, 0.4) is 0 Å². The summed E-state index contributed by atoms with van der Waals surface area (Å²) < 4.78 is 13.1. The van der Waals surface area contributed by atoms with E-state index in [1.165, 1.54) is 12.1 Å². The van der Waals surface area contributed by atoms with Crippen LogP contribution in [-0.2, 0) is 0 Å². The molecule has 0 radical (unpaired) electrons. The third-order valence-electron chi connectivity index (χ3n) is 2.26. The second kappa shape index (κ2) is 3.10. The molecule has 0 aliphatic rings. The van der Waals surface area contributed by atoms with Gasteiger partial charge in [0.15, 0.2) is 6.29 Å². The third-order valence-corrected chi connectivity index (χ3v) is 2.55. The number of hydrogen-bond acceptors (Lipinski definition) is 1. The van der Waals surface area contributed by atoms with E-state index in [0.29, 0.717) is 17.5 Å².